The van der Waals surface area contributed by atoms with E-state index in [2.05, 4.69) is 19.3 Å². The minimum atomic E-state index is -1.17. The minimum absolute atomic E-state index is 0.0212. The molecule has 0 spiro atoms. The first-order valence-corrected chi connectivity index (χ1v) is 15.5. The van der Waals surface area contributed by atoms with Crippen LogP contribution in [0.1, 0.15) is 36.6 Å². The second kappa shape index (κ2) is 11.5. The molecule has 3 N–H and O–H groups in total. The van der Waals surface area contributed by atoms with Crippen LogP contribution in [0.2, 0.25) is 0 Å². The Kier molecular flexibility index (Phi) is 7.70. The summed E-state index contributed by atoms with van der Waals surface area (Å²) in [6.07, 6.45) is 5.84. The van der Waals surface area contributed by atoms with E-state index >= 15 is 8.78 Å². The molecule has 0 bridgehead atoms. The highest BCUT2D eigenvalue weighted by Gasteiger charge is 2.38. The second-order valence-electron chi connectivity index (χ2n) is 10.7. The van der Waals surface area contributed by atoms with E-state index < -0.39 is 39.5 Å². The zero-order chi connectivity index (χ0) is 31.2. The van der Waals surface area contributed by atoms with Gasteiger partial charge in [0.2, 0.25) is 5.82 Å². The second-order valence-corrected chi connectivity index (χ2v) is 12.4. The third-order valence-corrected chi connectivity index (χ3v) is 9.65. The van der Waals surface area contributed by atoms with Gasteiger partial charge < -0.3 is 24.5 Å². The van der Waals surface area contributed by atoms with Crippen molar-refractivity contribution < 1.29 is 32.5 Å². The van der Waals surface area contributed by atoms with Gasteiger partial charge in [0.05, 0.1) is 22.6 Å². The lowest BCUT2D eigenvalue weighted by Crippen LogP contribution is -2.32. The fraction of sp³-hybridized carbons (Fsp3) is 0.250. The first kappa shape index (κ1) is 29.5. The molecule has 2 unspecified atom stereocenters. The third-order valence-electron chi connectivity index (χ3n) is 8.11. The molecule has 228 valence electrons. The molecule has 2 atom stereocenters. The van der Waals surface area contributed by atoms with E-state index in [0.29, 0.717) is 41.2 Å². The Morgan fingerprint density at radius 3 is 2.80 bits per heavy atom. The number of rotatable bonds is 8. The summed E-state index contributed by atoms with van der Waals surface area (Å²) in [5.41, 5.74) is 1.92. The van der Waals surface area contributed by atoms with Gasteiger partial charge in [0, 0.05) is 47.9 Å². The van der Waals surface area contributed by atoms with Crippen LogP contribution in [-0.4, -0.2) is 45.9 Å². The number of imidazole rings is 1. The van der Waals surface area contributed by atoms with Gasteiger partial charge in [-0.3, -0.25) is 9.16 Å². The molecule has 0 fully saturated rings. The molecule has 6 rings (SSSR count). The summed E-state index contributed by atoms with van der Waals surface area (Å²) in [5, 5.41) is 9.62. The minimum Gasteiger partial charge on any atom is -0.493 e. The number of halogens is 3. The molecule has 44 heavy (non-hydrogen) atoms. The smallest absolute Gasteiger partial charge is 0.303 e. The molecule has 3 aromatic carbocycles. The Labute approximate surface area is 253 Å². The van der Waals surface area contributed by atoms with Crippen molar-refractivity contribution in [2.75, 3.05) is 19.9 Å². The van der Waals surface area contributed by atoms with Crippen LogP contribution in [-0.2, 0) is 27.3 Å². The number of nitrogens with zero attached hydrogens (tertiary/aromatic N) is 2. The Balaban J connectivity index is 1.37. The van der Waals surface area contributed by atoms with Gasteiger partial charge in [-0.2, -0.15) is 4.39 Å². The maximum atomic E-state index is 15.4. The summed E-state index contributed by atoms with van der Waals surface area (Å²) in [7, 11) is 0.759. The lowest BCUT2D eigenvalue weighted by molar-refractivity contribution is -0.136. The summed E-state index contributed by atoms with van der Waals surface area (Å²) < 4.78 is 61.7. The number of fused-ring (bicyclic) bond motifs is 2. The predicted molar refractivity (Wildman–Crippen MR) is 161 cm³/mol. The fourth-order valence-electron chi connectivity index (χ4n) is 5.65. The number of benzene rings is 3. The van der Waals surface area contributed by atoms with Crippen molar-refractivity contribution in [1.82, 2.24) is 15.0 Å². The first-order valence-electron chi connectivity index (χ1n) is 13.9. The molecule has 0 radical (unpaired) electrons. The molecule has 12 heteroatoms. The Hall–Kier alpha value is -4.58. The molecule has 3 heterocycles. The number of para-hydroxylation sites is 1. The van der Waals surface area contributed by atoms with E-state index in [1.807, 2.05) is 25.1 Å². The first-order chi connectivity index (χ1) is 21.1. The highest BCUT2D eigenvalue weighted by Crippen LogP contribution is 2.45. The molecule has 5 aromatic rings. The molecular weight excluding hydrogens is 593 g/mol. The van der Waals surface area contributed by atoms with Gasteiger partial charge in [0.15, 0.2) is 11.6 Å². The maximum Gasteiger partial charge on any atom is 0.303 e. The van der Waals surface area contributed by atoms with Crippen LogP contribution in [0.15, 0.2) is 64.1 Å². The average Bonchev–Trinajstić information content (AvgIpc) is 3.71. The van der Waals surface area contributed by atoms with Gasteiger partial charge >= 0.3 is 5.97 Å². The van der Waals surface area contributed by atoms with Crippen LogP contribution in [0.5, 0.6) is 17.2 Å². The standard InChI is InChI=1S/C32H29F3N4O4S/c1-32(12-14-42-28-17(7-10-24(40)41)5-4-6-21(28)32)23-16-38-31(39-23)20-15-18(8-9-22(20)33)43-29-26(35)25(34)27-19(11-13-37-27)30(29)44(3)36-2/h4-6,8-9,11,13,15-16,37H,7,10,12,14H2,1-3H3,(H,38,39)(H,40,41). The Morgan fingerprint density at radius 1 is 1.20 bits per heavy atom. The van der Waals surface area contributed by atoms with Crippen LogP contribution in [0, 0.1) is 17.5 Å². The lowest BCUT2D eigenvalue weighted by atomic mass is 9.74. The summed E-state index contributed by atoms with van der Waals surface area (Å²) in [4.78, 5) is 22.0. The van der Waals surface area contributed by atoms with E-state index in [1.54, 1.807) is 25.6 Å². The van der Waals surface area contributed by atoms with Gasteiger partial charge in [-0.05, 0) is 55.9 Å². The molecular formula is C32H29F3N4O4S. The quantitative estimate of drug-likeness (QED) is 0.168. The van der Waals surface area contributed by atoms with Gasteiger partial charge in [-0.15, -0.1) is 0 Å². The van der Waals surface area contributed by atoms with E-state index in [9.17, 15) is 9.18 Å². The number of nitrogens with one attached hydrogen (secondary N) is 2. The number of H-pyrrole nitrogens is 2. The van der Waals surface area contributed by atoms with Crippen molar-refractivity contribution in [3.63, 3.8) is 0 Å². The number of hydrogen-bond donors (Lipinski definition) is 3. The summed E-state index contributed by atoms with van der Waals surface area (Å²) in [5.74, 6) is -3.06. The number of carboxylic acids is 1. The van der Waals surface area contributed by atoms with Crippen molar-refractivity contribution in [2.24, 2.45) is 4.36 Å². The highest BCUT2D eigenvalue weighted by molar-refractivity contribution is 7.87. The molecule has 0 amide bonds. The number of carboxylic acid groups (broad SMARTS) is 1. The van der Waals surface area contributed by atoms with Crippen molar-refractivity contribution in [2.45, 2.75) is 36.5 Å². The number of aryl methyl sites for hydroxylation is 1. The Bertz CT molecular complexity index is 1950. The van der Waals surface area contributed by atoms with Gasteiger partial charge in [0.25, 0.3) is 0 Å². The molecule has 0 aliphatic carbocycles. The summed E-state index contributed by atoms with van der Waals surface area (Å²) in [6, 6.07) is 11.2. The zero-order valence-electron chi connectivity index (χ0n) is 24.1. The SMILES string of the molecule is CN=S(C)c1c(Oc2ccc(F)c(-c3ncc(C4(C)CCOc5c(CCC(=O)O)cccc54)[nH]3)c2)c(F)c(F)c2[nH]ccc12. The van der Waals surface area contributed by atoms with Crippen LogP contribution in [0.25, 0.3) is 22.3 Å². The molecule has 1 aliphatic heterocycles. The molecule has 2 aromatic heterocycles. The predicted octanol–water partition coefficient (Wildman–Crippen LogP) is 7.29. The zero-order valence-corrected chi connectivity index (χ0v) is 24.9. The number of ether oxygens (including phenoxy) is 2. The molecule has 1 aliphatic rings. The molecule has 0 saturated heterocycles. The number of hydrogen-bond acceptors (Lipinski definition) is 5. The van der Waals surface area contributed by atoms with Gasteiger partial charge in [0.1, 0.15) is 23.1 Å². The third kappa shape index (κ3) is 5.02. The summed E-state index contributed by atoms with van der Waals surface area (Å²) in [6.45, 7) is 2.43. The van der Waals surface area contributed by atoms with Crippen molar-refractivity contribution >= 4 is 27.6 Å². The number of aromatic nitrogens is 3. The van der Waals surface area contributed by atoms with E-state index in [1.165, 1.54) is 24.4 Å². The fourth-order valence-corrected chi connectivity index (χ4v) is 6.72. The van der Waals surface area contributed by atoms with E-state index in [4.69, 9.17) is 14.6 Å². The topological polar surface area (TPSA) is 113 Å². The molecule has 8 nitrogen and oxygen atoms in total. The largest absolute Gasteiger partial charge is 0.493 e. The van der Waals surface area contributed by atoms with Crippen molar-refractivity contribution in [3.05, 3.63) is 89.1 Å². The van der Waals surface area contributed by atoms with Crippen LogP contribution in [0.4, 0.5) is 13.2 Å². The molecule has 0 saturated carbocycles. The van der Waals surface area contributed by atoms with Crippen LogP contribution in [0.3, 0.4) is 0 Å². The Morgan fingerprint density at radius 2 is 2.02 bits per heavy atom. The number of aromatic amines is 2. The van der Waals surface area contributed by atoms with Crippen LogP contribution >= 0.6 is 0 Å². The van der Waals surface area contributed by atoms with Crippen molar-refractivity contribution in [3.8, 4) is 28.6 Å². The van der Waals surface area contributed by atoms with Gasteiger partial charge in [-0.1, -0.05) is 28.9 Å². The van der Waals surface area contributed by atoms with Crippen molar-refractivity contribution in [1.29, 1.82) is 0 Å². The monoisotopic (exact) mass is 622 g/mol. The van der Waals surface area contributed by atoms with Gasteiger partial charge in [-0.25, -0.2) is 13.8 Å². The maximum absolute atomic E-state index is 15.4. The number of aliphatic carboxylic acids is 1. The normalized spacial score (nSPS) is 17.0. The van der Waals surface area contributed by atoms with E-state index in [0.717, 1.165) is 11.1 Å². The number of carbonyl (C=O) groups is 1. The lowest BCUT2D eigenvalue weighted by Gasteiger charge is -2.36. The van der Waals surface area contributed by atoms with E-state index in [-0.39, 0.29) is 34.8 Å². The summed E-state index contributed by atoms with van der Waals surface area (Å²) >= 11 is 0. The highest BCUT2D eigenvalue weighted by atomic mass is 32.2. The average molecular weight is 623 g/mol. The van der Waals surface area contributed by atoms with Crippen LogP contribution < -0.4 is 9.47 Å².